The molecule has 1 fully saturated rings. The minimum Gasteiger partial charge on any atom is -0.481 e. The first-order valence-electron chi connectivity index (χ1n) is 6.59. The van der Waals surface area contributed by atoms with Gasteiger partial charge in [-0.3, -0.25) is 0 Å². The summed E-state index contributed by atoms with van der Waals surface area (Å²) in [6.45, 7) is 2.61. The molecule has 3 N–H and O–H groups in total. The van der Waals surface area contributed by atoms with Crippen LogP contribution in [-0.4, -0.2) is 29.7 Å². The lowest BCUT2D eigenvalue weighted by Gasteiger charge is -2.31. The van der Waals surface area contributed by atoms with Crippen LogP contribution in [0, 0.1) is 12.8 Å². The van der Waals surface area contributed by atoms with Crippen molar-refractivity contribution in [3.63, 3.8) is 0 Å². The largest absolute Gasteiger partial charge is 0.481 e. The minimum absolute atomic E-state index is 0.419. The molecule has 0 spiro atoms. The molecule has 1 aliphatic rings. The minimum atomic E-state index is 0.419. The third-order valence-electron chi connectivity index (χ3n) is 3.57. The van der Waals surface area contributed by atoms with Crippen LogP contribution in [0.1, 0.15) is 31.5 Å². The summed E-state index contributed by atoms with van der Waals surface area (Å²) in [6, 6.07) is 2.26. The van der Waals surface area contributed by atoms with Crippen molar-refractivity contribution in [2.24, 2.45) is 11.7 Å². The molecule has 0 amide bonds. The number of aryl methyl sites for hydroxylation is 1. The topological polar surface area (TPSA) is 73.1 Å². The molecule has 0 bridgehead atoms. The van der Waals surface area contributed by atoms with Crippen LogP contribution in [0.25, 0.3) is 0 Å². The van der Waals surface area contributed by atoms with E-state index in [-0.39, 0.29) is 0 Å². The molecular weight excluding hydrogens is 228 g/mol. The van der Waals surface area contributed by atoms with E-state index in [1.165, 1.54) is 19.3 Å². The molecule has 1 aliphatic carbocycles. The fourth-order valence-corrected chi connectivity index (χ4v) is 2.59. The van der Waals surface area contributed by atoms with Crippen molar-refractivity contribution in [2.75, 3.05) is 19.0 Å². The van der Waals surface area contributed by atoms with Gasteiger partial charge in [-0.05, 0) is 32.2 Å². The van der Waals surface area contributed by atoms with E-state index in [2.05, 4.69) is 15.3 Å². The van der Waals surface area contributed by atoms with Crippen LogP contribution in [-0.2, 0) is 0 Å². The van der Waals surface area contributed by atoms with Gasteiger partial charge >= 0.3 is 0 Å². The molecule has 5 nitrogen and oxygen atoms in total. The maximum Gasteiger partial charge on any atom is 0.218 e. The number of aromatic nitrogens is 2. The summed E-state index contributed by atoms with van der Waals surface area (Å²) in [7, 11) is 1.62. The molecule has 5 heteroatoms. The molecule has 2 atom stereocenters. The first-order chi connectivity index (χ1) is 8.72. The van der Waals surface area contributed by atoms with Gasteiger partial charge in [0.15, 0.2) is 0 Å². The second-order valence-electron chi connectivity index (χ2n) is 4.87. The SMILES string of the molecule is COc1cc(NC2CCCCC2CN)nc(C)n1. The summed E-state index contributed by atoms with van der Waals surface area (Å²) in [4.78, 5) is 8.59. The molecule has 18 heavy (non-hydrogen) atoms. The number of nitrogens with zero attached hydrogens (tertiary/aromatic N) is 2. The Balaban J connectivity index is 2.09. The number of hydrogen-bond donors (Lipinski definition) is 2. The quantitative estimate of drug-likeness (QED) is 0.851. The summed E-state index contributed by atoms with van der Waals surface area (Å²) in [5.74, 6) is 2.70. The van der Waals surface area contributed by atoms with Gasteiger partial charge in [-0.1, -0.05) is 12.8 Å². The Bertz CT molecular complexity index is 397. The lowest BCUT2D eigenvalue weighted by Crippen LogP contribution is -2.37. The highest BCUT2D eigenvalue weighted by molar-refractivity contribution is 5.39. The summed E-state index contributed by atoms with van der Waals surface area (Å²) in [6.07, 6.45) is 4.91. The van der Waals surface area contributed by atoms with Crippen LogP contribution >= 0.6 is 0 Å². The number of ether oxygens (including phenoxy) is 1. The Morgan fingerprint density at radius 3 is 2.89 bits per heavy atom. The fourth-order valence-electron chi connectivity index (χ4n) is 2.59. The van der Waals surface area contributed by atoms with Gasteiger partial charge in [0.2, 0.25) is 5.88 Å². The Morgan fingerprint density at radius 2 is 2.17 bits per heavy atom. The van der Waals surface area contributed by atoms with Gasteiger partial charge in [0.25, 0.3) is 0 Å². The van der Waals surface area contributed by atoms with Crippen LogP contribution in [0.5, 0.6) is 5.88 Å². The van der Waals surface area contributed by atoms with Crippen LogP contribution in [0.15, 0.2) is 6.07 Å². The molecule has 0 aliphatic heterocycles. The monoisotopic (exact) mass is 250 g/mol. The molecule has 1 heterocycles. The smallest absolute Gasteiger partial charge is 0.218 e. The number of hydrogen-bond acceptors (Lipinski definition) is 5. The van der Waals surface area contributed by atoms with Crippen molar-refractivity contribution in [3.8, 4) is 5.88 Å². The molecule has 0 saturated heterocycles. The van der Waals surface area contributed by atoms with Crippen molar-refractivity contribution in [2.45, 2.75) is 38.6 Å². The highest BCUT2D eigenvalue weighted by Crippen LogP contribution is 2.26. The molecule has 1 aromatic heterocycles. The average molecular weight is 250 g/mol. The predicted molar refractivity (Wildman–Crippen MR) is 71.7 cm³/mol. The summed E-state index contributed by atoms with van der Waals surface area (Å²) >= 11 is 0. The normalized spacial score (nSPS) is 23.7. The van der Waals surface area contributed by atoms with Gasteiger partial charge < -0.3 is 15.8 Å². The van der Waals surface area contributed by atoms with Gasteiger partial charge in [0.1, 0.15) is 11.6 Å². The zero-order valence-electron chi connectivity index (χ0n) is 11.1. The lowest BCUT2D eigenvalue weighted by molar-refractivity contribution is 0.331. The molecule has 1 saturated carbocycles. The van der Waals surface area contributed by atoms with E-state index in [9.17, 15) is 0 Å². The van der Waals surface area contributed by atoms with Gasteiger partial charge in [-0.2, -0.15) is 4.98 Å². The Morgan fingerprint density at radius 1 is 1.39 bits per heavy atom. The number of nitrogens with one attached hydrogen (secondary N) is 1. The zero-order valence-corrected chi connectivity index (χ0v) is 11.1. The Labute approximate surface area is 108 Å². The predicted octanol–water partition coefficient (Wildman–Crippen LogP) is 1.72. The highest BCUT2D eigenvalue weighted by Gasteiger charge is 2.24. The van der Waals surface area contributed by atoms with Gasteiger partial charge in [-0.15, -0.1) is 0 Å². The molecular formula is C13H22N4O. The average Bonchev–Trinajstić information content (AvgIpc) is 2.38. The molecule has 1 aromatic rings. The maximum absolute atomic E-state index is 5.84. The summed E-state index contributed by atoms with van der Waals surface area (Å²) in [5.41, 5.74) is 5.84. The number of nitrogens with two attached hydrogens (primary N) is 1. The van der Waals surface area contributed by atoms with E-state index < -0.39 is 0 Å². The summed E-state index contributed by atoms with van der Waals surface area (Å²) in [5, 5.41) is 3.49. The third kappa shape index (κ3) is 3.10. The number of methoxy groups -OCH3 is 1. The molecule has 0 radical (unpaired) electrons. The van der Waals surface area contributed by atoms with Crippen LogP contribution in [0.4, 0.5) is 5.82 Å². The Kier molecular flexibility index (Phi) is 4.36. The third-order valence-corrected chi connectivity index (χ3v) is 3.57. The van der Waals surface area contributed by atoms with E-state index in [1.54, 1.807) is 7.11 Å². The number of anilines is 1. The van der Waals surface area contributed by atoms with Crippen molar-refractivity contribution in [1.29, 1.82) is 0 Å². The first kappa shape index (κ1) is 13.1. The van der Waals surface area contributed by atoms with Gasteiger partial charge in [-0.25, -0.2) is 4.98 Å². The van der Waals surface area contributed by atoms with E-state index >= 15 is 0 Å². The second kappa shape index (κ2) is 6.00. The molecule has 100 valence electrons. The zero-order chi connectivity index (χ0) is 13.0. The van der Waals surface area contributed by atoms with Crippen molar-refractivity contribution in [1.82, 2.24) is 9.97 Å². The van der Waals surface area contributed by atoms with Crippen molar-refractivity contribution >= 4 is 5.82 Å². The first-order valence-corrected chi connectivity index (χ1v) is 6.59. The van der Waals surface area contributed by atoms with E-state index in [4.69, 9.17) is 10.5 Å². The fraction of sp³-hybridized carbons (Fsp3) is 0.692. The van der Waals surface area contributed by atoms with Crippen LogP contribution < -0.4 is 15.8 Å². The molecule has 2 rings (SSSR count). The molecule has 2 unspecified atom stereocenters. The lowest BCUT2D eigenvalue weighted by atomic mass is 9.84. The second-order valence-corrected chi connectivity index (χ2v) is 4.87. The van der Waals surface area contributed by atoms with E-state index in [0.29, 0.717) is 17.8 Å². The van der Waals surface area contributed by atoms with Crippen molar-refractivity contribution < 1.29 is 4.74 Å². The van der Waals surface area contributed by atoms with Gasteiger partial charge in [0.05, 0.1) is 7.11 Å². The summed E-state index contributed by atoms with van der Waals surface area (Å²) < 4.78 is 5.16. The standard InChI is InChI=1S/C13H22N4O/c1-9-15-12(7-13(16-9)18-2)17-11-6-4-3-5-10(11)8-14/h7,10-11H,3-6,8,14H2,1-2H3,(H,15,16,17). The maximum atomic E-state index is 5.84. The van der Waals surface area contributed by atoms with E-state index in [1.807, 2.05) is 13.0 Å². The number of rotatable bonds is 4. The highest BCUT2D eigenvalue weighted by atomic mass is 16.5. The Hall–Kier alpha value is -1.36. The van der Waals surface area contributed by atoms with Crippen molar-refractivity contribution in [3.05, 3.63) is 11.9 Å². The van der Waals surface area contributed by atoms with Crippen LogP contribution in [0.3, 0.4) is 0 Å². The van der Waals surface area contributed by atoms with E-state index in [0.717, 1.165) is 24.6 Å². The van der Waals surface area contributed by atoms with Crippen LogP contribution in [0.2, 0.25) is 0 Å². The van der Waals surface area contributed by atoms with Gasteiger partial charge in [0, 0.05) is 12.1 Å². The molecule has 0 aromatic carbocycles.